The molecule has 2 rings (SSSR count). The van der Waals surface area contributed by atoms with Crippen LogP contribution in [0.4, 0.5) is 18.9 Å². The molecule has 1 saturated heterocycles. The van der Waals surface area contributed by atoms with E-state index >= 15 is 0 Å². The number of hydrogen-bond donors (Lipinski definition) is 3. The molecule has 0 aromatic heterocycles. The van der Waals surface area contributed by atoms with Gasteiger partial charge in [0.05, 0.1) is 18.3 Å². The van der Waals surface area contributed by atoms with Crippen LogP contribution in [0.2, 0.25) is 0 Å². The van der Waals surface area contributed by atoms with Crippen molar-refractivity contribution in [2.45, 2.75) is 18.8 Å². The van der Waals surface area contributed by atoms with Gasteiger partial charge < -0.3 is 20.4 Å². The van der Waals surface area contributed by atoms with Gasteiger partial charge in [-0.1, -0.05) is 0 Å². The highest BCUT2D eigenvalue weighted by Gasteiger charge is 2.31. The lowest BCUT2D eigenvalue weighted by atomic mass is 10.1. The lowest BCUT2D eigenvalue weighted by molar-refractivity contribution is -0.137. The lowest BCUT2D eigenvalue weighted by Crippen LogP contribution is -2.43. The van der Waals surface area contributed by atoms with Crippen LogP contribution in [0.15, 0.2) is 18.2 Å². The molecule has 1 unspecified atom stereocenters. The summed E-state index contributed by atoms with van der Waals surface area (Å²) in [4.78, 5) is 4.31. The highest BCUT2D eigenvalue weighted by molar-refractivity contribution is 5.49. The van der Waals surface area contributed by atoms with Crippen molar-refractivity contribution >= 4 is 5.69 Å². The van der Waals surface area contributed by atoms with Crippen LogP contribution in [0.5, 0.6) is 0 Å². The van der Waals surface area contributed by atoms with Crippen LogP contribution in [0.3, 0.4) is 0 Å². The van der Waals surface area contributed by atoms with E-state index in [1.165, 1.54) is 6.07 Å². The minimum Gasteiger partial charge on any atom is -0.394 e. The molecule has 1 atom stereocenters. The second-order valence-electron chi connectivity index (χ2n) is 6.21. The fourth-order valence-electron chi connectivity index (χ4n) is 2.61. The Balaban J connectivity index is 2.13. The van der Waals surface area contributed by atoms with Crippen molar-refractivity contribution in [1.29, 1.82) is 0 Å². The van der Waals surface area contributed by atoms with E-state index < -0.39 is 24.5 Å². The summed E-state index contributed by atoms with van der Waals surface area (Å²) in [5.41, 5.74) is 0.159. The summed E-state index contributed by atoms with van der Waals surface area (Å²) in [6.45, 7) is 3.43. The topological polar surface area (TPSA) is 59.0 Å². The zero-order valence-electron chi connectivity index (χ0n) is 13.7. The standard InChI is InChI=1S/C16H24F3N3O2/c1-21-2-4-22(5-3-21)10-12-6-13(16(17,18)19)8-14(7-12)20-9-15(24)11-23/h6-8,15,20,23-24H,2-5,9-11H2,1H3. The van der Waals surface area contributed by atoms with Crippen molar-refractivity contribution in [2.75, 3.05) is 51.7 Å². The fraction of sp³-hybridized carbons (Fsp3) is 0.625. The van der Waals surface area contributed by atoms with Crippen molar-refractivity contribution in [3.63, 3.8) is 0 Å². The molecule has 1 aliphatic heterocycles. The molecule has 1 aromatic rings. The zero-order valence-corrected chi connectivity index (χ0v) is 13.7. The summed E-state index contributed by atoms with van der Waals surface area (Å²) < 4.78 is 39.3. The third-order valence-corrected chi connectivity index (χ3v) is 4.07. The van der Waals surface area contributed by atoms with Gasteiger partial charge in [-0.15, -0.1) is 0 Å². The number of benzene rings is 1. The van der Waals surface area contributed by atoms with Gasteiger partial charge in [0, 0.05) is 45.0 Å². The number of rotatable bonds is 6. The quantitative estimate of drug-likeness (QED) is 0.722. The summed E-state index contributed by atoms with van der Waals surface area (Å²) in [6, 6.07) is 3.86. The third-order valence-electron chi connectivity index (χ3n) is 4.07. The summed E-state index contributed by atoms with van der Waals surface area (Å²) >= 11 is 0. The molecule has 0 saturated carbocycles. The molecule has 1 aromatic carbocycles. The molecular weight excluding hydrogens is 323 g/mol. The number of likely N-dealkylation sites (N-methyl/N-ethyl adjacent to an activating group) is 1. The number of alkyl halides is 3. The van der Waals surface area contributed by atoms with E-state index in [0.29, 0.717) is 17.8 Å². The van der Waals surface area contributed by atoms with Gasteiger partial charge in [-0.2, -0.15) is 13.2 Å². The average molecular weight is 347 g/mol. The Morgan fingerprint density at radius 1 is 1.17 bits per heavy atom. The van der Waals surface area contributed by atoms with Crippen LogP contribution in [0, 0.1) is 0 Å². The van der Waals surface area contributed by atoms with Crippen molar-refractivity contribution in [3.8, 4) is 0 Å². The third kappa shape index (κ3) is 5.62. The molecule has 1 aliphatic rings. The largest absolute Gasteiger partial charge is 0.416 e. The average Bonchev–Trinajstić information content (AvgIpc) is 2.54. The van der Waals surface area contributed by atoms with Crippen molar-refractivity contribution in [3.05, 3.63) is 29.3 Å². The second-order valence-corrected chi connectivity index (χ2v) is 6.21. The summed E-state index contributed by atoms with van der Waals surface area (Å²) in [6.07, 6.45) is -5.44. The van der Waals surface area contributed by atoms with Crippen molar-refractivity contribution in [2.24, 2.45) is 0 Å². The van der Waals surface area contributed by atoms with Gasteiger partial charge in [0.25, 0.3) is 0 Å². The molecule has 0 amide bonds. The van der Waals surface area contributed by atoms with Gasteiger partial charge in [-0.05, 0) is 30.8 Å². The molecule has 136 valence electrons. The van der Waals surface area contributed by atoms with Gasteiger partial charge in [-0.25, -0.2) is 0 Å². The number of piperazine rings is 1. The molecule has 5 nitrogen and oxygen atoms in total. The van der Waals surface area contributed by atoms with E-state index in [1.807, 2.05) is 7.05 Å². The molecule has 1 fully saturated rings. The lowest BCUT2D eigenvalue weighted by Gasteiger charge is -2.32. The molecule has 8 heteroatoms. The Hall–Kier alpha value is -1.35. The first kappa shape index (κ1) is 19.0. The number of aliphatic hydroxyl groups is 2. The normalized spacial score (nSPS) is 18.6. The number of halogens is 3. The number of nitrogens with one attached hydrogen (secondary N) is 1. The van der Waals surface area contributed by atoms with Gasteiger partial charge in [-0.3, -0.25) is 4.90 Å². The van der Waals surface area contributed by atoms with E-state index in [-0.39, 0.29) is 6.54 Å². The molecule has 3 N–H and O–H groups in total. The van der Waals surface area contributed by atoms with E-state index in [0.717, 1.165) is 32.2 Å². The van der Waals surface area contributed by atoms with Crippen LogP contribution in [0.1, 0.15) is 11.1 Å². The summed E-state index contributed by atoms with van der Waals surface area (Å²) in [5.74, 6) is 0. The molecule has 0 bridgehead atoms. The van der Waals surface area contributed by atoms with Crippen molar-refractivity contribution in [1.82, 2.24) is 9.80 Å². The van der Waals surface area contributed by atoms with E-state index in [1.54, 1.807) is 6.07 Å². The van der Waals surface area contributed by atoms with Gasteiger partial charge >= 0.3 is 6.18 Å². The number of aliphatic hydroxyl groups excluding tert-OH is 2. The predicted octanol–water partition coefficient (Wildman–Crippen LogP) is 1.22. The van der Waals surface area contributed by atoms with E-state index in [4.69, 9.17) is 5.11 Å². The zero-order chi connectivity index (χ0) is 17.7. The summed E-state index contributed by atoms with van der Waals surface area (Å²) in [7, 11) is 2.02. The maximum absolute atomic E-state index is 13.1. The number of hydrogen-bond acceptors (Lipinski definition) is 5. The Labute approximate surface area is 139 Å². The SMILES string of the molecule is CN1CCN(Cc2cc(NCC(O)CO)cc(C(F)(F)F)c2)CC1. The predicted molar refractivity (Wildman–Crippen MR) is 85.8 cm³/mol. The highest BCUT2D eigenvalue weighted by Crippen LogP contribution is 2.32. The smallest absolute Gasteiger partial charge is 0.394 e. The Morgan fingerprint density at radius 3 is 2.42 bits per heavy atom. The first-order valence-electron chi connectivity index (χ1n) is 7.93. The first-order valence-corrected chi connectivity index (χ1v) is 7.93. The maximum Gasteiger partial charge on any atom is 0.416 e. The number of anilines is 1. The first-order chi connectivity index (χ1) is 11.3. The number of nitrogens with zero attached hydrogens (tertiary/aromatic N) is 2. The Morgan fingerprint density at radius 2 is 1.83 bits per heavy atom. The van der Waals surface area contributed by atoms with Gasteiger partial charge in [0.2, 0.25) is 0 Å². The maximum atomic E-state index is 13.1. The molecule has 0 radical (unpaired) electrons. The van der Waals surface area contributed by atoms with Crippen LogP contribution in [0.25, 0.3) is 0 Å². The Bertz CT molecular complexity index is 532. The molecule has 0 spiro atoms. The summed E-state index contributed by atoms with van der Waals surface area (Å²) in [5, 5.41) is 20.9. The Kier molecular flexibility index (Phi) is 6.45. The monoisotopic (exact) mass is 347 g/mol. The van der Waals surface area contributed by atoms with Crippen molar-refractivity contribution < 1.29 is 23.4 Å². The van der Waals surface area contributed by atoms with Gasteiger partial charge in [0.1, 0.15) is 0 Å². The molecule has 24 heavy (non-hydrogen) atoms. The highest BCUT2D eigenvalue weighted by atomic mass is 19.4. The van der Waals surface area contributed by atoms with E-state index in [2.05, 4.69) is 15.1 Å². The van der Waals surface area contributed by atoms with Crippen LogP contribution in [-0.2, 0) is 12.7 Å². The van der Waals surface area contributed by atoms with Crippen LogP contribution in [-0.4, -0.2) is 72.5 Å². The van der Waals surface area contributed by atoms with Gasteiger partial charge in [0.15, 0.2) is 0 Å². The molecule has 0 aliphatic carbocycles. The minimum absolute atomic E-state index is 0.00818. The molecular formula is C16H24F3N3O2. The minimum atomic E-state index is -4.43. The van der Waals surface area contributed by atoms with Crippen LogP contribution >= 0.6 is 0 Å². The second kappa shape index (κ2) is 8.15. The van der Waals surface area contributed by atoms with E-state index in [9.17, 15) is 18.3 Å². The molecule has 1 heterocycles. The van der Waals surface area contributed by atoms with Crippen LogP contribution < -0.4 is 5.32 Å². The fourth-order valence-corrected chi connectivity index (χ4v) is 2.61.